The van der Waals surface area contributed by atoms with E-state index in [9.17, 15) is 4.79 Å². The van der Waals surface area contributed by atoms with Crippen molar-refractivity contribution >= 4 is 6.09 Å². The van der Waals surface area contributed by atoms with Crippen LogP contribution in [0.4, 0.5) is 4.79 Å². The van der Waals surface area contributed by atoms with Crippen LogP contribution in [0.5, 0.6) is 5.75 Å². The highest BCUT2D eigenvalue weighted by Crippen LogP contribution is 2.49. The van der Waals surface area contributed by atoms with Crippen LogP contribution in [-0.2, 0) is 12.8 Å². The fourth-order valence-electron chi connectivity index (χ4n) is 4.02. The van der Waals surface area contributed by atoms with Crippen LogP contribution in [-0.4, -0.2) is 11.6 Å². The van der Waals surface area contributed by atoms with E-state index in [0.717, 1.165) is 18.6 Å². The van der Waals surface area contributed by atoms with Gasteiger partial charge in [-0.2, -0.15) is 0 Å². The summed E-state index contributed by atoms with van der Waals surface area (Å²) in [6.07, 6.45) is 8.54. The molecule has 0 unspecified atom stereocenters. The molecule has 3 rings (SSSR count). The van der Waals surface area contributed by atoms with Gasteiger partial charge in [0.25, 0.3) is 0 Å². The van der Waals surface area contributed by atoms with Gasteiger partial charge in [-0.25, -0.2) is 4.79 Å². The minimum atomic E-state index is -0.359. The number of fused-ring (bicyclic) bond motifs is 1. The number of carbonyl (C=O) groups excluding carboxylic acids is 1. The van der Waals surface area contributed by atoms with E-state index in [1.54, 1.807) is 0 Å². The van der Waals surface area contributed by atoms with Crippen LogP contribution in [0.1, 0.15) is 64.0 Å². The molecule has 3 heteroatoms. The Morgan fingerprint density at radius 1 is 1.18 bits per heavy atom. The topological polar surface area (TPSA) is 38.3 Å². The van der Waals surface area contributed by atoms with Gasteiger partial charge in [0.15, 0.2) is 0 Å². The summed E-state index contributed by atoms with van der Waals surface area (Å²) in [5.74, 6) is 0.743. The Hall–Kier alpha value is -1.51. The highest BCUT2D eigenvalue weighted by Gasteiger charge is 2.37. The van der Waals surface area contributed by atoms with Crippen molar-refractivity contribution in [1.82, 2.24) is 5.32 Å². The maximum atomic E-state index is 12.0. The number of hydrogen-bond acceptors (Lipinski definition) is 2. The second-order valence-electron chi connectivity index (χ2n) is 8.04. The quantitative estimate of drug-likeness (QED) is 0.821. The van der Waals surface area contributed by atoms with E-state index in [1.807, 2.05) is 32.9 Å². The Balaban J connectivity index is 1.76. The van der Waals surface area contributed by atoms with Crippen LogP contribution in [0, 0.1) is 5.41 Å². The van der Waals surface area contributed by atoms with E-state index in [-0.39, 0.29) is 11.6 Å². The molecule has 22 heavy (non-hydrogen) atoms. The van der Waals surface area contributed by atoms with Gasteiger partial charge in [-0.3, -0.25) is 0 Å². The molecular weight excluding hydrogens is 274 g/mol. The first-order valence-electron chi connectivity index (χ1n) is 8.48. The van der Waals surface area contributed by atoms with Crippen LogP contribution in [0.25, 0.3) is 0 Å². The summed E-state index contributed by atoms with van der Waals surface area (Å²) in [7, 11) is 0. The first-order chi connectivity index (χ1) is 10.4. The van der Waals surface area contributed by atoms with Gasteiger partial charge in [-0.15, -0.1) is 0 Å². The smallest absolute Gasteiger partial charge is 0.410 e. The van der Waals surface area contributed by atoms with Crippen molar-refractivity contribution in [3.8, 4) is 5.75 Å². The Morgan fingerprint density at radius 2 is 1.91 bits per heavy atom. The summed E-state index contributed by atoms with van der Waals surface area (Å²) >= 11 is 0. The fourth-order valence-corrected chi connectivity index (χ4v) is 4.02. The van der Waals surface area contributed by atoms with Gasteiger partial charge in [0, 0.05) is 5.54 Å². The SMILES string of the molecule is CC(C)(C)NC(=O)Oc1cccc2c1CCC1(CCCC1)C2. The molecule has 0 saturated heterocycles. The maximum Gasteiger partial charge on any atom is 0.413 e. The second-order valence-corrected chi connectivity index (χ2v) is 8.04. The standard InChI is InChI=1S/C19H27NO2/c1-18(2,3)20-17(21)22-16-8-6-7-14-13-19(10-4-5-11-19)12-9-15(14)16/h6-8H,4-5,9-13H2,1-3H3,(H,20,21). The molecule has 0 atom stereocenters. The summed E-state index contributed by atoms with van der Waals surface area (Å²) in [5.41, 5.74) is 2.87. The van der Waals surface area contributed by atoms with Crippen LogP contribution in [0.15, 0.2) is 18.2 Å². The zero-order chi connectivity index (χ0) is 15.8. The van der Waals surface area contributed by atoms with Gasteiger partial charge >= 0.3 is 6.09 Å². The molecule has 1 aromatic carbocycles. The molecule has 0 radical (unpaired) electrons. The third-order valence-corrected chi connectivity index (χ3v) is 5.04. The Labute approximate surface area is 133 Å². The first kappa shape index (κ1) is 15.4. The number of hydrogen-bond donors (Lipinski definition) is 1. The predicted octanol–water partition coefficient (Wildman–Crippen LogP) is 4.62. The zero-order valence-corrected chi connectivity index (χ0v) is 14.0. The molecule has 0 bridgehead atoms. The van der Waals surface area contributed by atoms with E-state index in [0.29, 0.717) is 5.41 Å². The van der Waals surface area contributed by atoms with Crippen LogP contribution in [0.3, 0.4) is 0 Å². The van der Waals surface area contributed by atoms with Crippen molar-refractivity contribution in [2.24, 2.45) is 5.41 Å². The second kappa shape index (κ2) is 5.60. The molecule has 1 saturated carbocycles. The molecule has 1 aromatic rings. The van der Waals surface area contributed by atoms with Crippen molar-refractivity contribution in [1.29, 1.82) is 0 Å². The predicted molar refractivity (Wildman–Crippen MR) is 88.3 cm³/mol. The molecule has 3 nitrogen and oxygen atoms in total. The molecule has 1 fully saturated rings. The largest absolute Gasteiger partial charge is 0.413 e. The van der Waals surface area contributed by atoms with E-state index >= 15 is 0 Å². The molecule has 1 amide bonds. The molecule has 0 aromatic heterocycles. The molecule has 1 spiro atoms. The molecule has 2 aliphatic rings. The summed E-state index contributed by atoms with van der Waals surface area (Å²) in [6.45, 7) is 5.87. The minimum Gasteiger partial charge on any atom is -0.410 e. The molecular formula is C19H27NO2. The Bertz CT molecular complexity index is 565. The van der Waals surface area contributed by atoms with Crippen molar-refractivity contribution < 1.29 is 9.53 Å². The molecule has 1 N–H and O–H groups in total. The van der Waals surface area contributed by atoms with Crippen molar-refractivity contribution in [2.75, 3.05) is 0 Å². The van der Waals surface area contributed by atoms with Crippen LogP contribution >= 0.6 is 0 Å². The molecule has 0 aliphatic heterocycles. The maximum absolute atomic E-state index is 12.0. The number of ether oxygens (including phenoxy) is 1. The summed E-state index contributed by atoms with van der Waals surface area (Å²) in [5, 5.41) is 2.86. The summed E-state index contributed by atoms with van der Waals surface area (Å²) in [6, 6.07) is 6.16. The lowest BCUT2D eigenvalue weighted by Crippen LogP contribution is -2.42. The lowest BCUT2D eigenvalue weighted by Gasteiger charge is -2.35. The van der Waals surface area contributed by atoms with Gasteiger partial charge in [0.1, 0.15) is 5.75 Å². The van der Waals surface area contributed by atoms with Crippen molar-refractivity contribution in [3.05, 3.63) is 29.3 Å². The normalized spacial score (nSPS) is 19.8. The van der Waals surface area contributed by atoms with Gasteiger partial charge in [-0.1, -0.05) is 25.0 Å². The van der Waals surface area contributed by atoms with E-state index < -0.39 is 0 Å². The first-order valence-corrected chi connectivity index (χ1v) is 8.48. The molecule has 120 valence electrons. The van der Waals surface area contributed by atoms with E-state index in [1.165, 1.54) is 43.2 Å². The highest BCUT2D eigenvalue weighted by atomic mass is 16.6. The monoisotopic (exact) mass is 301 g/mol. The number of carbonyl (C=O) groups is 1. The third-order valence-electron chi connectivity index (χ3n) is 5.04. The van der Waals surface area contributed by atoms with Gasteiger partial charge < -0.3 is 10.1 Å². The Kier molecular flexibility index (Phi) is 3.92. The number of amides is 1. The van der Waals surface area contributed by atoms with E-state index in [4.69, 9.17) is 4.74 Å². The number of nitrogens with one attached hydrogen (secondary N) is 1. The van der Waals surface area contributed by atoms with Crippen molar-refractivity contribution in [3.63, 3.8) is 0 Å². The summed E-state index contributed by atoms with van der Waals surface area (Å²) < 4.78 is 5.59. The molecule has 2 aliphatic carbocycles. The van der Waals surface area contributed by atoms with Crippen LogP contribution in [0.2, 0.25) is 0 Å². The van der Waals surface area contributed by atoms with Gasteiger partial charge in [0.2, 0.25) is 0 Å². The fraction of sp³-hybridized carbons (Fsp3) is 0.632. The Morgan fingerprint density at radius 3 is 2.59 bits per heavy atom. The lowest BCUT2D eigenvalue weighted by molar-refractivity contribution is 0.189. The van der Waals surface area contributed by atoms with Gasteiger partial charge in [-0.05, 0) is 75.5 Å². The highest BCUT2D eigenvalue weighted by molar-refractivity contribution is 5.71. The number of benzene rings is 1. The zero-order valence-electron chi connectivity index (χ0n) is 14.0. The average molecular weight is 301 g/mol. The minimum absolute atomic E-state index is 0.278. The molecule has 0 heterocycles. The number of rotatable bonds is 1. The third kappa shape index (κ3) is 3.29. The lowest BCUT2D eigenvalue weighted by atomic mass is 9.70. The average Bonchev–Trinajstić information content (AvgIpc) is 2.84. The van der Waals surface area contributed by atoms with Crippen molar-refractivity contribution in [2.45, 2.75) is 71.3 Å². The van der Waals surface area contributed by atoms with E-state index in [2.05, 4.69) is 11.4 Å². The van der Waals surface area contributed by atoms with Gasteiger partial charge in [0.05, 0.1) is 0 Å². The van der Waals surface area contributed by atoms with Crippen LogP contribution < -0.4 is 10.1 Å². The summed E-state index contributed by atoms with van der Waals surface area (Å²) in [4.78, 5) is 12.0.